The van der Waals surface area contributed by atoms with Crippen molar-refractivity contribution in [3.8, 4) is 5.75 Å². The molecule has 0 atom stereocenters. The van der Waals surface area contributed by atoms with Crippen LogP contribution in [0, 0.1) is 23.3 Å². The zero-order chi connectivity index (χ0) is 25.2. The van der Waals surface area contributed by atoms with Crippen LogP contribution in [-0.4, -0.2) is 44.4 Å². The molecule has 1 aliphatic heterocycles. The average Bonchev–Trinajstić information content (AvgIpc) is 2.78. The van der Waals surface area contributed by atoms with Gasteiger partial charge in [0.2, 0.25) is 11.6 Å². The maximum atomic E-state index is 14.2. The summed E-state index contributed by atoms with van der Waals surface area (Å²) in [5.41, 5.74) is -2.54. The number of rotatable bonds is 4. The van der Waals surface area contributed by atoms with Crippen molar-refractivity contribution in [3.63, 3.8) is 0 Å². The number of amides is 1. The number of carbonyl (C=O) groups excluding carboxylic acids is 1. The summed E-state index contributed by atoms with van der Waals surface area (Å²) < 4.78 is 105. The van der Waals surface area contributed by atoms with Crippen LogP contribution in [0.5, 0.6) is 5.75 Å². The third kappa shape index (κ3) is 5.17. The predicted molar refractivity (Wildman–Crippen MR) is 111 cm³/mol. The highest BCUT2D eigenvalue weighted by Gasteiger charge is 2.33. The third-order valence-corrected chi connectivity index (χ3v) is 5.01. The number of alkyl halides is 3. The lowest BCUT2D eigenvalue weighted by atomic mass is 10.1. The average molecular weight is 511 g/mol. The van der Waals surface area contributed by atoms with E-state index in [1.165, 1.54) is 6.07 Å². The number of methoxy groups -OCH3 is 1. The predicted octanol–water partition coefficient (Wildman–Crippen LogP) is 4.23. The topological polar surface area (TPSA) is 62.8 Å². The molecular formula is C20H16F7N3O3S. The van der Waals surface area contributed by atoms with Gasteiger partial charge in [0.25, 0.3) is 5.91 Å². The molecule has 2 aromatic rings. The molecule has 14 heteroatoms. The monoisotopic (exact) mass is 511 g/mol. The molecule has 3 rings (SSSR count). The summed E-state index contributed by atoms with van der Waals surface area (Å²) in [5.74, 6) is -11.0. The molecule has 34 heavy (non-hydrogen) atoms. The molecule has 0 unspecified atom stereocenters. The van der Waals surface area contributed by atoms with Gasteiger partial charge in [-0.2, -0.15) is 22.0 Å². The number of ether oxygens (including phenoxy) is 2. The molecule has 1 heterocycles. The van der Waals surface area contributed by atoms with Crippen molar-refractivity contribution in [1.29, 1.82) is 0 Å². The molecule has 0 spiro atoms. The van der Waals surface area contributed by atoms with Crippen molar-refractivity contribution in [2.24, 2.45) is 0 Å². The van der Waals surface area contributed by atoms with Gasteiger partial charge >= 0.3 is 6.18 Å². The summed E-state index contributed by atoms with van der Waals surface area (Å²) in [4.78, 5) is 14.0. The summed E-state index contributed by atoms with van der Waals surface area (Å²) in [6, 6.07) is 2.77. The number of nitrogens with zero attached hydrogens (tertiary/aromatic N) is 1. The highest BCUT2D eigenvalue weighted by molar-refractivity contribution is 7.80. The van der Waals surface area contributed by atoms with E-state index in [9.17, 15) is 35.5 Å². The smallest absolute Gasteiger partial charge is 0.416 e. The minimum atomic E-state index is -4.70. The Kier molecular flexibility index (Phi) is 7.51. The maximum absolute atomic E-state index is 14.2. The zero-order valence-electron chi connectivity index (χ0n) is 17.3. The van der Waals surface area contributed by atoms with Crippen LogP contribution in [-0.2, 0) is 10.9 Å². The van der Waals surface area contributed by atoms with Gasteiger partial charge in [-0.1, -0.05) is 0 Å². The molecular weight excluding hydrogens is 495 g/mol. The summed E-state index contributed by atoms with van der Waals surface area (Å²) in [5, 5.41) is 3.51. The van der Waals surface area contributed by atoms with E-state index in [1.807, 2.05) is 5.32 Å². The largest absolute Gasteiger partial charge is 0.491 e. The molecule has 2 aromatic carbocycles. The standard InChI is InChI=1S/C20H16F7N3O3S/c1-32-17-15(23)13(21)12(14(22)16(17)24)18(31)29-19(34)28-10-8-9(20(25,26)27)2-3-11(10)30-4-6-33-7-5-30/h2-3,8H,4-7H2,1H3,(H2,28,29,31,34). The van der Waals surface area contributed by atoms with Crippen LogP contribution in [0.1, 0.15) is 15.9 Å². The molecule has 1 fully saturated rings. The quantitative estimate of drug-likeness (QED) is 0.364. The van der Waals surface area contributed by atoms with E-state index in [4.69, 9.17) is 17.0 Å². The van der Waals surface area contributed by atoms with Gasteiger partial charge in [-0.3, -0.25) is 10.1 Å². The number of anilines is 2. The highest BCUT2D eigenvalue weighted by atomic mass is 32.1. The molecule has 1 amide bonds. The molecule has 0 bridgehead atoms. The molecule has 6 nitrogen and oxygen atoms in total. The number of carbonyl (C=O) groups is 1. The van der Waals surface area contributed by atoms with Crippen molar-refractivity contribution >= 4 is 34.6 Å². The van der Waals surface area contributed by atoms with Crippen LogP contribution in [0.2, 0.25) is 0 Å². The lowest BCUT2D eigenvalue weighted by Gasteiger charge is -2.31. The first-order valence-electron chi connectivity index (χ1n) is 9.51. The van der Waals surface area contributed by atoms with Gasteiger partial charge in [-0.15, -0.1) is 0 Å². The Morgan fingerprint density at radius 2 is 1.65 bits per heavy atom. The van der Waals surface area contributed by atoms with Gasteiger partial charge in [-0.05, 0) is 30.4 Å². The molecule has 0 radical (unpaired) electrons. The normalized spacial score (nSPS) is 14.1. The molecule has 184 valence electrons. The van der Waals surface area contributed by atoms with E-state index in [1.54, 1.807) is 4.90 Å². The summed E-state index contributed by atoms with van der Waals surface area (Å²) in [7, 11) is 0.764. The summed E-state index contributed by atoms with van der Waals surface area (Å²) >= 11 is 4.89. The Balaban J connectivity index is 1.89. The van der Waals surface area contributed by atoms with Crippen molar-refractivity contribution in [2.45, 2.75) is 6.18 Å². The molecule has 0 saturated carbocycles. The maximum Gasteiger partial charge on any atom is 0.416 e. The second-order valence-corrected chi connectivity index (χ2v) is 7.31. The minimum Gasteiger partial charge on any atom is -0.491 e. The Bertz CT molecular complexity index is 1090. The van der Waals surface area contributed by atoms with Crippen molar-refractivity contribution in [3.05, 3.63) is 52.6 Å². The second-order valence-electron chi connectivity index (χ2n) is 6.90. The van der Waals surface area contributed by atoms with Gasteiger partial charge in [0, 0.05) is 13.1 Å². The van der Waals surface area contributed by atoms with E-state index in [-0.39, 0.29) is 11.4 Å². The SMILES string of the molecule is COc1c(F)c(F)c(C(=O)NC(=S)Nc2cc(C(F)(F)F)ccc2N2CCOCC2)c(F)c1F. The Morgan fingerprint density at radius 3 is 2.18 bits per heavy atom. The van der Waals surface area contributed by atoms with E-state index in [0.29, 0.717) is 26.3 Å². The number of halogens is 7. The fourth-order valence-corrected chi connectivity index (χ4v) is 3.40. The Hall–Kier alpha value is -3.13. The van der Waals surface area contributed by atoms with Crippen molar-refractivity contribution in [1.82, 2.24) is 5.32 Å². The number of hydrogen-bond acceptors (Lipinski definition) is 5. The number of benzene rings is 2. The third-order valence-electron chi connectivity index (χ3n) is 4.81. The summed E-state index contributed by atoms with van der Waals surface area (Å²) in [6.07, 6.45) is -4.70. The highest BCUT2D eigenvalue weighted by Crippen LogP contribution is 2.36. The van der Waals surface area contributed by atoms with E-state index in [2.05, 4.69) is 10.1 Å². The molecule has 1 aliphatic rings. The van der Waals surface area contributed by atoms with E-state index >= 15 is 0 Å². The Morgan fingerprint density at radius 1 is 1.06 bits per heavy atom. The van der Waals surface area contributed by atoms with Crippen molar-refractivity contribution in [2.75, 3.05) is 43.6 Å². The van der Waals surface area contributed by atoms with Crippen LogP contribution < -0.4 is 20.3 Å². The first-order valence-corrected chi connectivity index (χ1v) is 9.92. The molecule has 0 aliphatic carbocycles. The fourth-order valence-electron chi connectivity index (χ4n) is 3.20. The lowest BCUT2D eigenvalue weighted by Crippen LogP contribution is -2.38. The van der Waals surface area contributed by atoms with Crippen LogP contribution in [0.4, 0.5) is 42.1 Å². The number of thiocarbonyl (C=S) groups is 1. The van der Waals surface area contributed by atoms with E-state index < -0.39 is 57.3 Å². The van der Waals surface area contributed by atoms with Gasteiger partial charge in [-0.25, -0.2) is 8.78 Å². The number of nitrogens with one attached hydrogen (secondary N) is 2. The zero-order valence-corrected chi connectivity index (χ0v) is 18.1. The molecule has 1 saturated heterocycles. The van der Waals surface area contributed by atoms with Gasteiger partial charge in [0.1, 0.15) is 5.56 Å². The van der Waals surface area contributed by atoms with Crippen LogP contribution in [0.15, 0.2) is 18.2 Å². The van der Waals surface area contributed by atoms with Gasteiger partial charge in [0.15, 0.2) is 22.5 Å². The number of hydrogen-bond donors (Lipinski definition) is 2. The summed E-state index contributed by atoms with van der Waals surface area (Å²) in [6.45, 7) is 1.32. The lowest BCUT2D eigenvalue weighted by molar-refractivity contribution is -0.137. The fraction of sp³-hybridized carbons (Fsp3) is 0.300. The van der Waals surface area contributed by atoms with Crippen LogP contribution in [0.3, 0.4) is 0 Å². The second kappa shape index (κ2) is 10.0. The van der Waals surface area contributed by atoms with E-state index in [0.717, 1.165) is 19.2 Å². The van der Waals surface area contributed by atoms with Crippen molar-refractivity contribution < 1.29 is 45.0 Å². The van der Waals surface area contributed by atoms with Gasteiger partial charge < -0.3 is 19.7 Å². The van der Waals surface area contributed by atoms with Gasteiger partial charge in [0.05, 0.1) is 37.3 Å². The Labute approximate surface area is 193 Å². The van der Waals surface area contributed by atoms with Crippen LogP contribution >= 0.6 is 12.2 Å². The minimum absolute atomic E-state index is 0.171. The number of morpholine rings is 1. The molecule has 2 N–H and O–H groups in total. The molecule has 0 aromatic heterocycles. The first-order chi connectivity index (χ1) is 16.0. The first kappa shape index (κ1) is 25.5. The van der Waals surface area contributed by atoms with Crippen LogP contribution in [0.25, 0.3) is 0 Å².